The third kappa shape index (κ3) is 5.29. The Kier molecular flexibility index (Phi) is 7.25. The van der Waals surface area contributed by atoms with Crippen molar-refractivity contribution in [1.82, 2.24) is 9.91 Å². The van der Waals surface area contributed by atoms with E-state index in [2.05, 4.69) is 5.10 Å². The van der Waals surface area contributed by atoms with Crippen LogP contribution < -0.4 is 0 Å². The Morgan fingerprint density at radius 1 is 1.16 bits per heavy atom. The van der Waals surface area contributed by atoms with E-state index >= 15 is 0 Å². The SMILES string of the molecule is CN1N=C(c2ccc3c(c2)COCN(C(=O)CS(C)(=O)=O)C3)CC1(c1cc(Cl)c(F)c(Cl)c1)C(F)(F)F. The van der Waals surface area contributed by atoms with Gasteiger partial charge >= 0.3 is 6.18 Å². The van der Waals surface area contributed by atoms with Crippen LogP contribution in [0.1, 0.15) is 28.7 Å². The number of hydrazone groups is 1. The van der Waals surface area contributed by atoms with Crippen LogP contribution in [0.4, 0.5) is 17.6 Å². The summed E-state index contributed by atoms with van der Waals surface area (Å²) < 4.78 is 86.2. The maximum Gasteiger partial charge on any atom is 0.417 e. The molecule has 0 fully saturated rings. The van der Waals surface area contributed by atoms with Crippen LogP contribution in [-0.2, 0) is 38.1 Å². The van der Waals surface area contributed by atoms with Crippen LogP contribution in [0.25, 0.3) is 0 Å². The number of sulfone groups is 1. The Labute approximate surface area is 220 Å². The average Bonchev–Trinajstić information content (AvgIpc) is 3.00. The molecule has 2 heterocycles. The molecule has 2 aliphatic rings. The maximum absolute atomic E-state index is 14.6. The molecule has 7 nitrogen and oxygen atoms in total. The van der Waals surface area contributed by atoms with Crippen molar-refractivity contribution in [2.45, 2.75) is 31.3 Å². The predicted octanol–water partition coefficient (Wildman–Crippen LogP) is 4.49. The molecule has 0 radical (unpaired) electrons. The number of amides is 1. The van der Waals surface area contributed by atoms with Gasteiger partial charge in [0, 0.05) is 26.3 Å². The van der Waals surface area contributed by atoms with Crippen molar-refractivity contribution in [1.29, 1.82) is 0 Å². The van der Waals surface area contributed by atoms with Gasteiger partial charge in [-0.3, -0.25) is 9.80 Å². The molecule has 0 bridgehead atoms. The fourth-order valence-electron chi connectivity index (χ4n) is 4.44. The zero-order chi connectivity index (χ0) is 27.3. The molecule has 0 aromatic heterocycles. The van der Waals surface area contributed by atoms with Crippen LogP contribution in [-0.4, -0.2) is 61.9 Å². The number of halogens is 6. The van der Waals surface area contributed by atoms with E-state index in [1.165, 1.54) is 11.9 Å². The monoisotopic (exact) mass is 581 g/mol. The summed E-state index contributed by atoms with van der Waals surface area (Å²) in [5.74, 6) is -2.29. The molecule has 0 saturated heterocycles. The van der Waals surface area contributed by atoms with Crippen LogP contribution in [0.3, 0.4) is 0 Å². The van der Waals surface area contributed by atoms with Crippen molar-refractivity contribution in [3.05, 3.63) is 68.4 Å². The van der Waals surface area contributed by atoms with Crippen LogP contribution in [0.2, 0.25) is 10.0 Å². The second-order valence-corrected chi connectivity index (χ2v) is 11.9. The number of benzene rings is 2. The van der Waals surface area contributed by atoms with Gasteiger partial charge in [-0.05, 0) is 40.5 Å². The van der Waals surface area contributed by atoms with Gasteiger partial charge in [0.15, 0.2) is 21.2 Å². The van der Waals surface area contributed by atoms with Gasteiger partial charge in [0.05, 0.1) is 22.4 Å². The first kappa shape index (κ1) is 27.6. The number of hydrogen-bond acceptors (Lipinski definition) is 6. The first-order valence-electron chi connectivity index (χ1n) is 10.8. The molecule has 0 saturated carbocycles. The molecule has 37 heavy (non-hydrogen) atoms. The second kappa shape index (κ2) is 9.72. The van der Waals surface area contributed by atoms with E-state index in [1.807, 2.05) is 0 Å². The third-order valence-corrected chi connectivity index (χ3v) is 7.64. The van der Waals surface area contributed by atoms with E-state index in [0.29, 0.717) is 16.7 Å². The number of rotatable bonds is 4. The molecule has 1 unspecified atom stereocenters. The van der Waals surface area contributed by atoms with Crippen molar-refractivity contribution >= 4 is 44.7 Å². The summed E-state index contributed by atoms with van der Waals surface area (Å²) in [6.07, 6.45) is -4.46. The van der Waals surface area contributed by atoms with Crippen LogP contribution in [0, 0.1) is 5.82 Å². The fourth-order valence-corrected chi connectivity index (χ4v) is 5.55. The second-order valence-electron chi connectivity index (χ2n) is 8.98. The average molecular weight is 582 g/mol. The van der Waals surface area contributed by atoms with Gasteiger partial charge in [-0.15, -0.1) is 0 Å². The van der Waals surface area contributed by atoms with Gasteiger partial charge in [0.1, 0.15) is 12.5 Å². The van der Waals surface area contributed by atoms with Crippen LogP contribution in [0.15, 0.2) is 35.4 Å². The lowest BCUT2D eigenvalue weighted by atomic mass is 9.83. The Morgan fingerprint density at radius 3 is 2.41 bits per heavy atom. The summed E-state index contributed by atoms with van der Waals surface area (Å²) in [6.45, 7) is 0.00325. The molecule has 0 N–H and O–H groups in total. The number of ether oxygens (including phenoxy) is 1. The topological polar surface area (TPSA) is 79.3 Å². The summed E-state index contributed by atoms with van der Waals surface area (Å²) in [7, 11) is -2.37. The Bertz CT molecular complexity index is 1380. The lowest BCUT2D eigenvalue weighted by molar-refractivity contribution is -0.227. The lowest BCUT2D eigenvalue weighted by Gasteiger charge is -2.37. The maximum atomic E-state index is 14.6. The zero-order valence-corrected chi connectivity index (χ0v) is 21.9. The van der Waals surface area contributed by atoms with Crippen molar-refractivity contribution in [3.63, 3.8) is 0 Å². The molecule has 1 amide bonds. The van der Waals surface area contributed by atoms with Crippen molar-refractivity contribution in [2.75, 3.05) is 25.8 Å². The highest BCUT2D eigenvalue weighted by molar-refractivity contribution is 7.91. The molecule has 200 valence electrons. The van der Waals surface area contributed by atoms with E-state index < -0.39 is 55.5 Å². The molecule has 0 aliphatic carbocycles. The minimum atomic E-state index is -4.83. The van der Waals surface area contributed by atoms with Gasteiger partial charge < -0.3 is 9.64 Å². The highest BCUT2D eigenvalue weighted by atomic mass is 35.5. The molecule has 14 heteroatoms. The van der Waals surface area contributed by atoms with Gasteiger partial charge in [-0.25, -0.2) is 12.8 Å². The largest absolute Gasteiger partial charge is 0.417 e. The summed E-state index contributed by atoms with van der Waals surface area (Å²) in [4.78, 5) is 13.6. The van der Waals surface area contributed by atoms with Crippen LogP contribution in [0.5, 0.6) is 0 Å². The summed E-state index contributed by atoms with van der Waals surface area (Å²) >= 11 is 11.6. The number of hydrogen-bond donors (Lipinski definition) is 0. The molecule has 4 rings (SSSR count). The highest BCUT2D eigenvalue weighted by Crippen LogP contribution is 2.51. The number of carbonyl (C=O) groups excluding carboxylic acids is 1. The summed E-state index contributed by atoms with van der Waals surface area (Å²) in [6, 6.07) is 6.65. The molecule has 2 aromatic rings. The van der Waals surface area contributed by atoms with Crippen molar-refractivity contribution in [3.8, 4) is 0 Å². The predicted molar refractivity (Wildman–Crippen MR) is 129 cm³/mol. The van der Waals surface area contributed by atoms with E-state index in [-0.39, 0.29) is 31.2 Å². The molecular formula is C23H21Cl2F4N3O4S. The minimum absolute atomic E-state index is 0.0581. The summed E-state index contributed by atoms with van der Waals surface area (Å²) in [5.41, 5.74) is -1.19. The Hall–Kier alpha value is -2.41. The van der Waals surface area contributed by atoms with Gasteiger partial charge in [-0.1, -0.05) is 35.3 Å². The molecular weight excluding hydrogens is 561 g/mol. The Balaban J connectivity index is 1.66. The molecule has 1 atom stereocenters. The van der Waals surface area contributed by atoms with E-state index in [1.54, 1.807) is 18.2 Å². The minimum Gasteiger partial charge on any atom is -0.356 e. The van der Waals surface area contributed by atoms with Gasteiger partial charge in [0.25, 0.3) is 0 Å². The van der Waals surface area contributed by atoms with Crippen LogP contribution >= 0.6 is 23.2 Å². The number of alkyl halides is 3. The van der Waals surface area contributed by atoms with E-state index in [9.17, 15) is 30.8 Å². The smallest absolute Gasteiger partial charge is 0.356 e. The highest BCUT2D eigenvalue weighted by Gasteiger charge is 2.62. The van der Waals surface area contributed by atoms with E-state index in [0.717, 1.165) is 23.4 Å². The van der Waals surface area contributed by atoms with Crippen molar-refractivity contribution < 1.29 is 35.5 Å². The first-order chi connectivity index (χ1) is 17.1. The standard InChI is InChI=1S/C23H21Cl2F4N3O4S/c1-31-22(23(27,28)29,16-6-17(24)21(26)18(25)7-16)8-19(30-31)13-3-4-14-9-32(12-36-10-15(14)5-13)20(33)11-37(2,34)35/h3-7H,8-12H2,1-2H3. The zero-order valence-electron chi connectivity index (χ0n) is 19.6. The first-order valence-corrected chi connectivity index (χ1v) is 13.6. The van der Waals surface area contributed by atoms with Gasteiger partial charge in [-0.2, -0.15) is 18.3 Å². The van der Waals surface area contributed by atoms with E-state index in [4.69, 9.17) is 27.9 Å². The molecule has 2 aromatic carbocycles. The van der Waals surface area contributed by atoms with Gasteiger partial charge in [0.2, 0.25) is 5.91 Å². The quantitative estimate of drug-likeness (QED) is 0.392. The Morgan fingerprint density at radius 2 is 1.81 bits per heavy atom. The number of nitrogens with zero attached hydrogens (tertiary/aromatic N) is 3. The lowest BCUT2D eigenvalue weighted by Crippen LogP contribution is -2.50. The third-order valence-electron chi connectivity index (χ3n) is 6.32. The fraction of sp³-hybridized carbons (Fsp3) is 0.391. The molecule has 2 aliphatic heterocycles. The number of carbonyl (C=O) groups is 1. The van der Waals surface area contributed by atoms with Crippen molar-refractivity contribution in [2.24, 2.45) is 5.10 Å². The number of fused-ring (bicyclic) bond motifs is 1. The summed E-state index contributed by atoms with van der Waals surface area (Å²) in [5, 5.41) is 3.87. The normalized spacial score (nSPS) is 20.5. The molecule has 0 spiro atoms.